The van der Waals surface area contributed by atoms with Gasteiger partial charge in [-0.3, -0.25) is 24.0 Å². The highest BCUT2D eigenvalue weighted by molar-refractivity contribution is 6.27. The van der Waals surface area contributed by atoms with Crippen LogP contribution in [0, 0.1) is 11.8 Å². The lowest BCUT2D eigenvalue weighted by atomic mass is 9.63. The SMILES string of the molecule is C.C.CC(C)(C)OC(=O)C1CC(=O)C1.COc1ccc(CCC(=O)C2(N(Cc3ccc(C(F)(F)F)cc3)C(=O)CCl)CC(C(=O)OC(C)(C)C)C2)cc1. The van der Waals surface area contributed by atoms with E-state index in [0.29, 0.717) is 30.6 Å². The number of ketones is 2. The molecule has 0 saturated heterocycles. The number of amides is 1. The van der Waals surface area contributed by atoms with Gasteiger partial charge in [-0.25, -0.2) is 0 Å². The van der Waals surface area contributed by atoms with Gasteiger partial charge in [0.1, 0.15) is 34.2 Å². The van der Waals surface area contributed by atoms with E-state index in [9.17, 15) is 37.1 Å². The van der Waals surface area contributed by atoms with Gasteiger partial charge in [0.2, 0.25) is 5.91 Å². The third-order valence-electron chi connectivity index (χ3n) is 8.47. The number of hydrogen-bond acceptors (Lipinski definition) is 8. The average Bonchev–Trinajstić information content (AvgIpc) is 2.99. The summed E-state index contributed by atoms with van der Waals surface area (Å²) in [4.78, 5) is 62.7. The van der Waals surface area contributed by atoms with Gasteiger partial charge in [-0.15, -0.1) is 11.6 Å². The van der Waals surface area contributed by atoms with Crippen LogP contribution < -0.4 is 4.74 Å². The summed E-state index contributed by atoms with van der Waals surface area (Å²) >= 11 is 5.92. The van der Waals surface area contributed by atoms with Crippen LogP contribution >= 0.6 is 11.6 Å². The number of hydrogen-bond donors (Lipinski definition) is 0. The Bertz CT molecular complexity index is 1550. The number of alkyl halides is 4. The molecule has 0 bridgehead atoms. The lowest BCUT2D eigenvalue weighted by Crippen LogP contribution is -2.65. The Morgan fingerprint density at radius 3 is 1.68 bits per heavy atom. The molecule has 9 nitrogen and oxygen atoms in total. The molecule has 2 aromatic rings. The summed E-state index contributed by atoms with van der Waals surface area (Å²) in [5.41, 5.74) is -2.01. The summed E-state index contributed by atoms with van der Waals surface area (Å²) in [6.45, 7) is 10.6. The van der Waals surface area contributed by atoms with Crippen LogP contribution in [-0.4, -0.2) is 64.0 Å². The van der Waals surface area contributed by atoms with Crippen molar-refractivity contribution in [3.8, 4) is 5.75 Å². The highest BCUT2D eigenvalue weighted by Crippen LogP contribution is 2.46. The topological polar surface area (TPSA) is 116 Å². The van der Waals surface area contributed by atoms with Crippen LogP contribution in [0.5, 0.6) is 5.75 Å². The van der Waals surface area contributed by atoms with E-state index >= 15 is 0 Å². The minimum atomic E-state index is -4.50. The van der Waals surface area contributed by atoms with E-state index < -0.39 is 52.2 Å². The van der Waals surface area contributed by atoms with E-state index in [2.05, 4.69) is 0 Å². The van der Waals surface area contributed by atoms with Crippen molar-refractivity contribution in [3.63, 3.8) is 0 Å². The molecule has 2 aliphatic carbocycles. The molecule has 0 N–H and O–H groups in total. The Hall–Kier alpha value is -3.93. The average molecular weight is 770 g/mol. The molecule has 2 saturated carbocycles. The molecule has 0 heterocycles. The minimum Gasteiger partial charge on any atom is -0.497 e. The van der Waals surface area contributed by atoms with E-state index in [1.165, 1.54) is 17.0 Å². The van der Waals surface area contributed by atoms with E-state index in [-0.39, 0.29) is 64.1 Å². The molecule has 2 aliphatic rings. The maximum Gasteiger partial charge on any atom is 0.416 e. The fourth-order valence-electron chi connectivity index (χ4n) is 5.76. The first-order chi connectivity index (χ1) is 23.6. The van der Waals surface area contributed by atoms with Gasteiger partial charge in [-0.1, -0.05) is 39.1 Å². The maximum absolute atomic E-state index is 13.8. The predicted molar refractivity (Wildman–Crippen MR) is 197 cm³/mol. The van der Waals surface area contributed by atoms with E-state index in [4.69, 9.17) is 25.8 Å². The second-order valence-electron chi connectivity index (χ2n) is 14.9. The lowest BCUT2D eigenvalue weighted by Gasteiger charge is -2.52. The number of aryl methyl sites for hydroxylation is 1. The van der Waals surface area contributed by atoms with Crippen LogP contribution in [0.25, 0.3) is 0 Å². The molecule has 4 rings (SSSR count). The van der Waals surface area contributed by atoms with Gasteiger partial charge in [0.15, 0.2) is 5.78 Å². The number of methoxy groups -OCH3 is 1. The van der Waals surface area contributed by atoms with Crippen LogP contribution in [0.15, 0.2) is 48.5 Å². The Labute approximate surface area is 316 Å². The van der Waals surface area contributed by atoms with Gasteiger partial charge in [0.25, 0.3) is 0 Å². The number of carbonyl (C=O) groups is 5. The molecule has 0 spiro atoms. The molecular weight excluding hydrogens is 715 g/mol. The van der Waals surface area contributed by atoms with Crippen molar-refractivity contribution in [2.75, 3.05) is 13.0 Å². The van der Waals surface area contributed by atoms with Crippen molar-refractivity contribution in [2.45, 2.75) is 124 Å². The Balaban J connectivity index is 0.000000854. The van der Waals surface area contributed by atoms with Gasteiger partial charge in [-0.05, 0) is 96.2 Å². The van der Waals surface area contributed by atoms with Crippen molar-refractivity contribution < 1.29 is 51.4 Å². The first kappa shape index (κ1) is 47.1. The molecule has 0 unspecified atom stereocenters. The molecule has 0 aliphatic heterocycles. The minimum absolute atomic E-state index is 0. The molecule has 296 valence electrons. The van der Waals surface area contributed by atoms with Crippen molar-refractivity contribution in [3.05, 3.63) is 65.2 Å². The zero-order chi connectivity index (χ0) is 38.4. The fraction of sp³-hybridized carbons (Fsp3) is 0.575. The van der Waals surface area contributed by atoms with Crippen LogP contribution in [0.4, 0.5) is 13.2 Å². The number of esters is 2. The third kappa shape index (κ3) is 13.5. The number of Topliss-reactive ketones (excluding diaryl/α,β-unsaturated/α-hetero) is 2. The van der Waals surface area contributed by atoms with Crippen LogP contribution in [0.2, 0.25) is 0 Å². The standard InChI is InChI=1S/C29H33ClF3NO5.C9H14O3.2CH4/c1-27(2,3)39-26(37)21-15-28(16-21,24(35)14-9-19-7-12-23(38-4)13-8-19)34(25(36)17-30)18-20-5-10-22(11-6-20)29(31,32)33;1-9(2,3)12-8(11)6-4-7(10)5-6;;/h5-8,10-13,21H,9,14-18H2,1-4H3;6H,4-5H2,1-3H3;2*1H4. The van der Waals surface area contributed by atoms with Crippen molar-refractivity contribution in [1.82, 2.24) is 4.90 Å². The van der Waals surface area contributed by atoms with Crippen molar-refractivity contribution in [2.24, 2.45) is 11.8 Å². The van der Waals surface area contributed by atoms with Crippen LogP contribution in [0.1, 0.15) is 105 Å². The van der Waals surface area contributed by atoms with Gasteiger partial charge in [0, 0.05) is 25.8 Å². The molecule has 0 aromatic heterocycles. The summed E-state index contributed by atoms with van der Waals surface area (Å²) in [6.07, 6.45) is -3.18. The lowest BCUT2D eigenvalue weighted by molar-refractivity contribution is -0.176. The first-order valence-corrected chi connectivity index (χ1v) is 17.3. The highest BCUT2D eigenvalue weighted by Gasteiger charge is 2.57. The summed E-state index contributed by atoms with van der Waals surface area (Å²) < 4.78 is 54.9. The summed E-state index contributed by atoms with van der Waals surface area (Å²) in [5, 5.41) is 0. The van der Waals surface area contributed by atoms with Crippen molar-refractivity contribution in [1.29, 1.82) is 0 Å². The van der Waals surface area contributed by atoms with Crippen molar-refractivity contribution >= 4 is 41.0 Å². The summed E-state index contributed by atoms with van der Waals surface area (Å²) in [6, 6.07) is 11.7. The first-order valence-electron chi connectivity index (χ1n) is 16.7. The van der Waals surface area contributed by atoms with Gasteiger partial charge in [-0.2, -0.15) is 13.2 Å². The zero-order valence-electron chi connectivity index (χ0n) is 30.2. The predicted octanol–water partition coefficient (Wildman–Crippen LogP) is 8.55. The number of rotatable bonds is 11. The quantitative estimate of drug-likeness (QED) is 0.165. The molecule has 0 atom stereocenters. The van der Waals surface area contributed by atoms with Crippen LogP contribution in [0.3, 0.4) is 0 Å². The number of ether oxygens (including phenoxy) is 3. The van der Waals surface area contributed by atoms with E-state index in [0.717, 1.165) is 17.7 Å². The fourth-order valence-corrected chi connectivity index (χ4v) is 5.91. The van der Waals surface area contributed by atoms with Gasteiger partial charge >= 0.3 is 18.1 Å². The normalized spacial score (nSPS) is 18.3. The second kappa shape index (κ2) is 18.9. The number of carbonyl (C=O) groups excluding carboxylic acids is 5. The molecule has 1 amide bonds. The van der Waals surface area contributed by atoms with E-state index in [1.807, 2.05) is 32.9 Å². The Morgan fingerprint density at radius 2 is 1.26 bits per heavy atom. The second-order valence-corrected chi connectivity index (χ2v) is 15.2. The Kier molecular flexibility index (Phi) is 16.8. The number of halogens is 4. The molecule has 53 heavy (non-hydrogen) atoms. The van der Waals surface area contributed by atoms with E-state index in [1.54, 1.807) is 40.0 Å². The molecule has 2 aromatic carbocycles. The third-order valence-corrected chi connectivity index (χ3v) is 8.70. The number of benzene rings is 2. The van der Waals surface area contributed by atoms with Gasteiger partial charge < -0.3 is 19.1 Å². The molecule has 13 heteroatoms. The monoisotopic (exact) mass is 769 g/mol. The Morgan fingerprint density at radius 1 is 0.792 bits per heavy atom. The summed E-state index contributed by atoms with van der Waals surface area (Å²) in [5.74, 6) is -1.85. The molecule has 2 fully saturated rings. The highest BCUT2D eigenvalue weighted by atomic mass is 35.5. The smallest absolute Gasteiger partial charge is 0.416 e. The molecule has 0 radical (unpaired) electrons. The molecular formula is C40H55ClF3NO8. The number of nitrogens with zero attached hydrogens (tertiary/aromatic N) is 1. The zero-order valence-corrected chi connectivity index (χ0v) is 30.9. The largest absolute Gasteiger partial charge is 0.497 e. The maximum atomic E-state index is 13.8. The summed E-state index contributed by atoms with van der Waals surface area (Å²) in [7, 11) is 1.55. The van der Waals surface area contributed by atoms with Gasteiger partial charge in [0.05, 0.1) is 24.5 Å². The van der Waals surface area contributed by atoms with Crippen LogP contribution in [-0.2, 0) is 52.6 Å².